The van der Waals surface area contributed by atoms with Gasteiger partial charge >= 0.3 is 0 Å². The molecule has 7 heteroatoms. The number of nitrogen functional groups attached to an aromatic ring is 1. The minimum absolute atomic E-state index is 0.0429. The minimum atomic E-state index is -0.347. The van der Waals surface area contributed by atoms with E-state index in [1.165, 1.54) is 0 Å². The number of aromatic amines is 1. The molecular weight excluding hydrogens is 222 g/mol. The van der Waals surface area contributed by atoms with Crippen LogP contribution >= 0.6 is 0 Å². The predicted molar refractivity (Wildman–Crippen MR) is 60.6 cm³/mol. The van der Waals surface area contributed by atoms with Crippen LogP contribution in [0.15, 0.2) is 0 Å². The first-order valence-corrected chi connectivity index (χ1v) is 5.77. The molecule has 1 aromatic heterocycles. The average molecular weight is 239 g/mol. The Bertz CT molecular complexity index is 392. The van der Waals surface area contributed by atoms with Crippen LogP contribution in [0.3, 0.4) is 0 Å². The highest BCUT2D eigenvalue weighted by Crippen LogP contribution is 2.24. The lowest BCUT2D eigenvalue weighted by atomic mass is 9.87. The number of aliphatic hydroxyl groups is 1. The van der Waals surface area contributed by atoms with Crippen molar-refractivity contribution in [2.45, 2.75) is 38.3 Å². The van der Waals surface area contributed by atoms with E-state index in [9.17, 15) is 9.90 Å². The van der Waals surface area contributed by atoms with Crippen LogP contribution in [0.4, 0.5) is 5.95 Å². The van der Waals surface area contributed by atoms with Gasteiger partial charge in [-0.1, -0.05) is 6.42 Å². The molecule has 0 aliphatic heterocycles. The molecular formula is C10H17N5O2. The quantitative estimate of drug-likeness (QED) is 0.570. The van der Waals surface area contributed by atoms with Gasteiger partial charge in [-0.2, -0.15) is 4.98 Å². The zero-order valence-electron chi connectivity index (χ0n) is 9.52. The lowest BCUT2D eigenvalue weighted by Crippen LogP contribution is -2.35. The van der Waals surface area contributed by atoms with Crippen molar-refractivity contribution in [1.29, 1.82) is 0 Å². The molecule has 2 atom stereocenters. The molecule has 94 valence electrons. The summed E-state index contributed by atoms with van der Waals surface area (Å²) < 4.78 is 0. The molecule has 0 aromatic carbocycles. The summed E-state index contributed by atoms with van der Waals surface area (Å²) in [5.74, 6) is 0.562. The number of aromatic nitrogens is 3. The van der Waals surface area contributed by atoms with Crippen molar-refractivity contribution in [2.75, 3.05) is 5.73 Å². The summed E-state index contributed by atoms with van der Waals surface area (Å²) in [5.41, 5.74) is 5.35. The highest BCUT2D eigenvalue weighted by atomic mass is 16.3. The second-order valence-electron chi connectivity index (χ2n) is 4.38. The van der Waals surface area contributed by atoms with E-state index in [1.807, 2.05) is 0 Å². The molecule has 0 radical (unpaired) electrons. The zero-order chi connectivity index (χ0) is 12.3. The number of amides is 1. The fourth-order valence-electron chi connectivity index (χ4n) is 2.11. The Labute approximate surface area is 98.8 Å². The van der Waals surface area contributed by atoms with E-state index >= 15 is 0 Å². The van der Waals surface area contributed by atoms with E-state index in [-0.39, 0.29) is 30.4 Å². The molecule has 1 aromatic rings. The minimum Gasteiger partial charge on any atom is -0.393 e. The highest BCUT2D eigenvalue weighted by molar-refractivity contribution is 5.78. The molecule has 1 fully saturated rings. The van der Waals surface area contributed by atoms with Gasteiger partial charge in [0.05, 0.1) is 12.6 Å². The second-order valence-corrected chi connectivity index (χ2v) is 4.38. The van der Waals surface area contributed by atoms with Crippen molar-refractivity contribution < 1.29 is 9.90 Å². The van der Waals surface area contributed by atoms with Crippen molar-refractivity contribution in [3.05, 3.63) is 5.82 Å². The van der Waals surface area contributed by atoms with Crippen LogP contribution in [0.25, 0.3) is 0 Å². The van der Waals surface area contributed by atoms with Crippen molar-refractivity contribution in [3.8, 4) is 0 Å². The topological polar surface area (TPSA) is 117 Å². The van der Waals surface area contributed by atoms with Crippen LogP contribution < -0.4 is 11.1 Å². The van der Waals surface area contributed by atoms with Crippen molar-refractivity contribution >= 4 is 11.9 Å². The van der Waals surface area contributed by atoms with Crippen LogP contribution in [0.1, 0.15) is 31.5 Å². The Kier molecular flexibility index (Phi) is 3.58. The second kappa shape index (κ2) is 5.13. The third-order valence-corrected chi connectivity index (χ3v) is 3.00. The monoisotopic (exact) mass is 239 g/mol. The molecule has 5 N–H and O–H groups in total. The van der Waals surface area contributed by atoms with E-state index < -0.39 is 0 Å². The van der Waals surface area contributed by atoms with E-state index in [0.717, 1.165) is 19.3 Å². The Balaban J connectivity index is 1.80. The molecule has 0 bridgehead atoms. The predicted octanol–water partition coefficient (Wildman–Crippen LogP) is -0.446. The Morgan fingerprint density at radius 1 is 1.59 bits per heavy atom. The van der Waals surface area contributed by atoms with Gasteiger partial charge in [-0.15, -0.1) is 5.10 Å². The number of H-pyrrole nitrogens is 1. The lowest BCUT2D eigenvalue weighted by Gasteiger charge is -2.24. The summed E-state index contributed by atoms with van der Waals surface area (Å²) in [5, 5.41) is 18.5. The highest BCUT2D eigenvalue weighted by Gasteiger charge is 2.25. The molecule has 1 amide bonds. The number of hydrogen-bond acceptors (Lipinski definition) is 5. The number of carbonyl (C=O) groups is 1. The third kappa shape index (κ3) is 3.16. The number of aliphatic hydroxyl groups excluding tert-OH is 1. The number of anilines is 1. The van der Waals surface area contributed by atoms with E-state index in [1.54, 1.807) is 0 Å². The molecule has 17 heavy (non-hydrogen) atoms. The molecule has 1 heterocycles. The largest absolute Gasteiger partial charge is 0.393 e. The first kappa shape index (κ1) is 11.8. The Morgan fingerprint density at radius 2 is 2.41 bits per heavy atom. The smallest absolute Gasteiger partial charge is 0.239 e. The van der Waals surface area contributed by atoms with Gasteiger partial charge in [-0.25, -0.2) is 0 Å². The van der Waals surface area contributed by atoms with E-state index in [2.05, 4.69) is 20.5 Å². The average Bonchev–Trinajstić information content (AvgIpc) is 2.72. The fourth-order valence-corrected chi connectivity index (χ4v) is 2.11. The third-order valence-electron chi connectivity index (χ3n) is 3.00. The summed E-state index contributed by atoms with van der Waals surface area (Å²) in [4.78, 5) is 15.7. The summed E-state index contributed by atoms with van der Waals surface area (Å²) in [6.07, 6.45) is 2.73. The van der Waals surface area contributed by atoms with Gasteiger partial charge in [0.25, 0.3) is 0 Å². The first-order chi connectivity index (χ1) is 8.15. The van der Waals surface area contributed by atoms with Gasteiger partial charge in [-0.05, 0) is 19.3 Å². The van der Waals surface area contributed by atoms with E-state index in [4.69, 9.17) is 5.73 Å². The first-order valence-electron chi connectivity index (χ1n) is 5.77. The molecule has 1 aliphatic rings. The van der Waals surface area contributed by atoms with Gasteiger partial charge in [0.1, 0.15) is 5.82 Å². The number of nitrogens with one attached hydrogen (secondary N) is 2. The fraction of sp³-hybridized carbons (Fsp3) is 0.700. The molecule has 7 nitrogen and oxygen atoms in total. The molecule has 0 saturated heterocycles. The van der Waals surface area contributed by atoms with Crippen LogP contribution in [0.2, 0.25) is 0 Å². The maximum atomic E-state index is 11.8. The zero-order valence-corrected chi connectivity index (χ0v) is 9.52. The number of nitrogens with zero attached hydrogens (tertiary/aromatic N) is 2. The SMILES string of the molecule is Nc1n[nH]c(CNC(=O)[C@H]2CCC[C@H](O)C2)n1. The normalized spacial score (nSPS) is 24.5. The maximum absolute atomic E-state index is 11.8. The summed E-state index contributed by atoms with van der Waals surface area (Å²) in [6, 6.07) is 0. The van der Waals surface area contributed by atoms with E-state index in [0.29, 0.717) is 12.2 Å². The molecule has 2 rings (SSSR count). The number of nitrogens with two attached hydrogens (primary N) is 1. The van der Waals surface area contributed by atoms with Gasteiger partial charge in [0, 0.05) is 5.92 Å². The molecule has 1 aliphatic carbocycles. The van der Waals surface area contributed by atoms with Crippen molar-refractivity contribution in [3.63, 3.8) is 0 Å². The van der Waals surface area contributed by atoms with Gasteiger partial charge < -0.3 is 16.2 Å². The Hall–Kier alpha value is -1.63. The standard InChI is InChI=1S/C10H17N5O2/c11-10-13-8(14-15-10)5-12-9(17)6-2-1-3-7(16)4-6/h6-7,16H,1-5H2,(H,12,17)(H3,11,13,14,15)/t6-,7-/m0/s1. The molecule has 1 saturated carbocycles. The van der Waals surface area contributed by atoms with Crippen molar-refractivity contribution in [1.82, 2.24) is 20.5 Å². The number of rotatable bonds is 3. The molecule has 0 spiro atoms. The number of hydrogen-bond donors (Lipinski definition) is 4. The summed E-state index contributed by atoms with van der Waals surface area (Å²) in [7, 11) is 0. The maximum Gasteiger partial charge on any atom is 0.239 e. The van der Waals surface area contributed by atoms with Crippen LogP contribution in [0, 0.1) is 5.92 Å². The van der Waals surface area contributed by atoms with Crippen molar-refractivity contribution in [2.24, 2.45) is 5.92 Å². The van der Waals surface area contributed by atoms with Gasteiger partial charge in [-0.3, -0.25) is 9.89 Å². The van der Waals surface area contributed by atoms with Gasteiger partial charge in [0.15, 0.2) is 0 Å². The lowest BCUT2D eigenvalue weighted by molar-refractivity contribution is -0.127. The number of carbonyl (C=O) groups excluding carboxylic acids is 1. The Morgan fingerprint density at radius 3 is 3.06 bits per heavy atom. The summed E-state index contributed by atoms with van der Waals surface area (Å²) in [6.45, 7) is 0.287. The van der Waals surface area contributed by atoms with Gasteiger partial charge in [0.2, 0.25) is 11.9 Å². The van der Waals surface area contributed by atoms with Crippen LogP contribution in [0.5, 0.6) is 0 Å². The summed E-state index contributed by atoms with van der Waals surface area (Å²) >= 11 is 0. The molecule has 0 unspecified atom stereocenters. The van der Waals surface area contributed by atoms with Crippen LogP contribution in [-0.2, 0) is 11.3 Å². The van der Waals surface area contributed by atoms with Crippen LogP contribution in [-0.4, -0.2) is 32.3 Å².